The van der Waals surface area contributed by atoms with E-state index in [0.717, 1.165) is 30.2 Å². The van der Waals surface area contributed by atoms with Gasteiger partial charge in [0.05, 0.1) is 12.0 Å². The van der Waals surface area contributed by atoms with Crippen molar-refractivity contribution >= 4 is 17.5 Å². The highest BCUT2D eigenvalue weighted by Crippen LogP contribution is 2.38. The Bertz CT molecular complexity index is 897. The smallest absolute Gasteiger partial charge is 0.254 e. The van der Waals surface area contributed by atoms with E-state index in [-0.39, 0.29) is 18.0 Å². The fourth-order valence-corrected chi connectivity index (χ4v) is 3.32. The Balaban J connectivity index is 1.33. The molecule has 9 nitrogen and oxygen atoms in total. The first kappa shape index (κ1) is 18.4. The zero-order valence-electron chi connectivity index (χ0n) is 16.3. The second kappa shape index (κ2) is 7.57. The van der Waals surface area contributed by atoms with Gasteiger partial charge in [-0.05, 0) is 25.0 Å². The number of hydrogen-bond donors (Lipinski definition) is 0. The predicted octanol–water partition coefficient (Wildman–Crippen LogP) is 0.326. The Morgan fingerprint density at radius 1 is 1.14 bits per heavy atom. The average molecular weight is 383 g/mol. The van der Waals surface area contributed by atoms with Gasteiger partial charge in [-0.25, -0.2) is 4.98 Å². The maximum Gasteiger partial charge on any atom is 0.254 e. The summed E-state index contributed by atoms with van der Waals surface area (Å²) in [4.78, 5) is 35.0. The van der Waals surface area contributed by atoms with E-state index in [1.54, 1.807) is 11.0 Å². The largest absolute Gasteiger partial charge is 0.361 e. The number of nitrogens with zero attached hydrogens (tertiary/aromatic N) is 7. The minimum Gasteiger partial charge on any atom is -0.361 e. The summed E-state index contributed by atoms with van der Waals surface area (Å²) in [5, 5.41) is 8.48. The number of piperazine rings is 1. The summed E-state index contributed by atoms with van der Waals surface area (Å²) >= 11 is 0. The standard InChI is InChI=1S/C19H25N7O2/c1-23(2)16-5-6-17(22-21-16)24-7-9-25(10-8-24)19(28)12-26-13-20-15(11-18(26)27)14-3-4-14/h5-6,11,13-14H,3-4,7-10,12H2,1-2H3. The molecule has 0 bridgehead atoms. The lowest BCUT2D eigenvalue weighted by Gasteiger charge is -2.35. The van der Waals surface area contributed by atoms with Gasteiger partial charge in [-0.3, -0.25) is 14.2 Å². The zero-order valence-corrected chi connectivity index (χ0v) is 16.3. The van der Waals surface area contributed by atoms with Crippen LogP contribution in [0, 0.1) is 0 Å². The van der Waals surface area contributed by atoms with Crippen LogP contribution in [0.3, 0.4) is 0 Å². The number of carbonyl (C=O) groups is 1. The van der Waals surface area contributed by atoms with Crippen molar-refractivity contribution in [1.29, 1.82) is 0 Å². The SMILES string of the molecule is CN(C)c1ccc(N2CCN(C(=O)Cn3cnc(C4CC4)cc3=O)CC2)nn1. The van der Waals surface area contributed by atoms with Crippen molar-refractivity contribution < 1.29 is 4.79 Å². The summed E-state index contributed by atoms with van der Waals surface area (Å²) in [6, 6.07) is 5.45. The van der Waals surface area contributed by atoms with Gasteiger partial charge >= 0.3 is 0 Å². The molecule has 1 saturated carbocycles. The van der Waals surface area contributed by atoms with Gasteiger partial charge < -0.3 is 14.7 Å². The Labute approximate surface area is 163 Å². The summed E-state index contributed by atoms with van der Waals surface area (Å²) < 4.78 is 1.39. The maximum atomic E-state index is 12.6. The molecule has 2 aromatic heterocycles. The fourth-order valence-electron chi connectivity index (χ4n) is 3.32. The Kier molecular flexibility index (Phi) is 4.97. The van der Waals surface area contributed by atoms with Crippen LogP contribution in [0.5, 0.6) is 0 Å². The van der Waals surface area contributed by atoms with Crippen LogP contribution in [-0.4, -0.2) is 70.8 Å². The molecular weight excluding hydrogens is 358 g/mol. The third-order valence-corrected chi connectivity index (χ3v) is 5.25. The molecule has 1 saturated heterocycles. The van der Waals surface area contributed by atoms with E-state index in [1.807, 2.05) is 31.1 Å². The highest BCUT2D eigenvalue weighted by Gasteiger charge is 2.26. The number of rotatable bonds is 5. The maximum absolute atomic E-state index is 12.6. The van der Waals surface area contributed by atoms with Gasteiger partial charge in [0.2, 0.25) is 5.91 Å². The summed E-state index contributed by atoms with van der Waals surface area (Å²) in [7, 11) is 3.85. The van der Waals surface area contributed by atoms with Crippen LogP contribution in [-0.2, 0) is 11.3 Å². The van der Waals surface area contributed by atoms with Crippen LogP contribution >= 0.6 is 0 Å². The second-order valence-electron chi connectivity index (χ2n) is 7.57. The first-order chi connectivity index (χ1) is 13.5. The molecule has 1 aliphatic heterocycles. The molecule has 3 heterocycles. The number of anilines is 2. The van der Waals surface area contributed by atoms with Gasteiger partial charge in [0.1, 0.15) is 6.54 Å². The average Bonchev–Trinajstić information content (AvgIpc) is 3.55. The molecule has 0 radical (unpaired) electrons. The highest BCUT2D eigenvalue weighted by atomic mass is 16.2. The lowest BCUT2D eigenvalue weighted by Crippen LogP contribution is -2.50. The van der Waals surface area contributed by atoms with Gasteiger partial charge in [-0.2, -0.15) is 0 Å². The molecule has 0 N–H and O–H groups in total. The molecule has 9 heteroatoms. The van der Waals surface area contributed by atoms with Crippen LogP contribution in [0.1, 0.15) is 24.5 Å². The number of carbonyl (C=O) groups excluding carboxylic acids is 1. The van der Waals surface area contributed by atoms with Crippen LogP contribution in [0.15, 0.2) is 29.3 Å². The van der Waals surface area contributed by atoms with E-state index in [0.29, 0.717) is 32.1 Å². The summed E-state index contributed by atoms with van der Waals surface area (Å²) in [5.41, 5.74) is 0.698. The normalized spacial score (nSPS) is 16.9. The monoisotopic (exact) mass is 383 g/mol. The highest BCUT2D eigenvalue weighted by molar-refractivity contribution is 5.76. The molecule has 4 rings (SSSR count). The molecule has 0 unspecified atom stereocenters. The molecule has 148 valence electrons. The first-order valence-corrected chi connectivity index (χ1v) is 9.61. The van der Waals surface area contributed by atoms with Gasteiger partial charge in [0, 0.05) is 52.3 Å². The summed E-state index contributed by atoms with van der Waals surface area (Å²) in [6.07, 6.45) is 3.70. The number of amides is 1. The minimum absolute atomic E-state index is 0.0358. The molecule has 2 aliphatic rings. The minimum atomic E-state index is -0.153. The third kappa shape index (κ3) is 3.97. The molecule has 2 aromatic rings. The van der Waals surface area contributed by atoms with Crippen molar-refractivity contribution in [1.82, 2.24) is 24.6 Å². The van der Waals surface area contributed by atoms with Crippen molar-refractivity contribution in [2.24, 2.45) is 0 Å². The van der Waals surface area contributed by atoms with Crippen LogP contribution in [0.25, 0.3) is 0 Å². The number of hydrogen-bond acceptors (Lipinski definition) is 7. The first-order valence-electron chi connectivity index (χ1n) is 9.61. The Hall–Kier alpha value is -2.97. The van der Waals surface area contributed by atoms with Gasteiger partial charge in [0.15, 0.2) is 11.6 Å². The summed E-state index contributed by atoms with van der Waals surface area (Å²) in [5.74, 6) is 2.00. The van der Waals surface area contributed by atoms with E-state index in [4.69, 9.17) is 0 Å². The van der Waals surface area contributed by atoms with E-state index in [2.05, 4.69) is 20.1 Å². The van der Waals surface area contributed by atoms with Crippen molar-refractivity contribution in [2.75, 3.05) is 50.1 Å². The Morgan fingerprint density at radius 3 is 2.46 bits per heavy atom. The molecule has 0 atom stereocenters. The molecule has 0 aromatic carbocycles. The van der Waals surface area contributed by atoms with Crippen molar-refractivity contribution in [3.05, 3.63) is 40.6 Å². The molecule has 28 heavy (non-hydrogen) atoms. The molecular formula is C19H25N7O2. The van der Waals surface area contributed by atoms with Crippen molar-refractivity contribution in [3.63, 3.8) is 0 Å². The fraction of sp³-hybridized carbons (Fsp3) is 0.526. The van der Waals surface area contributed by atoms with E-state index >= 15 is 0 Å². The molecule has 1 aliphatic carbocycles. The van der Waals surface area contributed by atoms with E-state index in [9.17, 15) is 9.59 Å². The van der Waals surface area contributed by atoms with Gasteiger partial charge in [-0.15, -0.1) is 10.2 Å². The van der Waals surface area contributed by atoms with E-state index < -0.39 is 0 Å². The van der Waals surface area contributed by atoms with Gasteiger partial charge in [-0.1, -0.05) is 0 Å². The zero-order chi connectivity index (χ0) is 19.7. The van der Waals surface area contributed by atoms with Crippen LogP contribution in [0.4, 0.5) is 11.6 Å². The van der Waals surface area contributed by atoms with E-state index in [1.165, 1.54) is 10.9 Å². The van der Waals surface area contributed by atoms with Crippen LogP contribution < -0.4 is 15.4 Å². The topological polar surface area (TPSA) is 87.5 Å². The number of aromatic nitrogens is 4. The van der Waals surface area contributed by atoms with Crippen LogP contribution in [0.2, 0.25) is 0 Å². The summed E-state index contributed by atoms with van der Waals surface area (Å²) in [6.45, 7) is 2.61. The Morgan fingerprint density at radius 2 is 1.89 bits per heavy atom. The predicted molar refractivity (Wildman–Crippen MR) is 106 cm³/mol. The quantitative estimate of drug-likeness (QED) is 0.735. The third-order valence-electron chi connectivity index (χ3n) is 5.25. The van der Waals surface area contributed by atoms with Gasteiger partial charge in [0.25, 0.3) is 5.56 Å². The lowest BCUT2D eigenvalue weighted by atomic mass is 10.3. The van der Waals surface area contributed by atoms with Crippen molar-refractivity contribution in [2.45, 2.75) is 25.3 Å². The molecule has 1 amide bonds. The molecule has 2 fully saturated rings. The molecule has 0 spiro atoms. The lowest BCUT2D eigenvalue weighted by molar-refractivity contribution is -0.132. The second-order valence-corrected chi connectivity index (χ2v) is 7.57. The van der Waals surface area contributed by atoms with Crippen molar-refractivity contribution in [3.8, 4) is 0 Å².